The summed E-state index contributed by atoms with van der Waals surface area (Å²) in [6.45, 7) is 3.97. The predicted octanol–water partition coefficient (Wildman–Crippen LogP) is 3.41. The van der Waals surface area contributed by atoms with Gasteiger partial charge in [-0.1, -0.05) is 55.5 Å². The van der Waals surface area contributed by atoms with E-state index in [0.717, 1.165) is 24.9 Å². The molecule has 29 heavy (non-hydrogen) atoms. The van der Waals surface area contributed by atoms with Crippen molar-refractivity contribution >= 4 is 5.91 Å². The summed E-state index contributed by atoms with van der Waals surface area (Å²) >= 11 is 0. The number of benzene rings is 2. The van der Waals surface area contributed by atoms with Gasteiger partial charge in [0.05, 0.1) is 18.7 Å². The number of likely N-dealkylation sites (tertiary alicyclic amines) is 1. The van der Waals surface area contributed by atoms with Crippen LogP contribution in [-0.2, 0) is 11.3 Å². The standard InChI is InChI=1S/C24H29FN2O2/c1-2-26(14-19-10-6-7-11-20(19)25)15-21-23(17-8-4-3-5-9-17)22(16-28)27(21)24(29)18-12-13-18/h3-11,18,21-23,28H,2,12-16H2,1H3/t21-,22+,23+/m0/s1. The Morgan fingerprint density at radius 2 is 1.79 bits per heavy atom. The van der Waals surface area contributed by atoms with Crippen LogP contribution in [0.25, 0.3) is 0 Å². The number of amides is 1. The van der Waals surface area contributed by atoms with E-state index in [1.54, 1.807) is 6.07 Å². The zero-order valence-electron chi connectivity index (χ0n) is 16.9. The number of aliphatic hydroxyl groups is 1. The molecule has 1 heterocycles. The maximum Gasteiger partial charge on any atom is 0.226 e. The Morgan fingerprint density at radius 1 is 1.10 bits per heavy atom. The topological polar surface area (TPSA) is 43.8 Å². The summed E-state index contributed by atoms with van der Waals surface area (Å²) in [5.74, 6) is 0.185. The van der Waals surface area contributed by atoms with Crippen LogP contribution in [0.5, 0.6) is 0 Å². The lowest BCUT2D eigenvalue weighted by atomic mass is 9.74. The van der Waals surface area contributed by atoms with Crippen molar-refractivity contribution in [3.8, 4) is 0 Å². The summed E-state index contributed by atoms with van der Waals surface area (Å²) in [5.41, 5.74) is 1.82. The van der Waals surface area contributed by atoms with E-state index in [1.807, 2.05) is 35.2 Å². The third-order valence-electron chi connectivity index (χ3n) is 6.34. The highest BCUT2D eigenvalue weighted by atomic mass is 19.1. The molecule has 0 unspecified atom stereocenters. The van der Waals surface area contributed by atoms with Gasteiger partial charge in [-0.2, -0.15) is 0 Å². The van der Waals surface area contributed by atoms with Crippen LogP contribution in [-0.4, -0.2) is 52.6 Å². The Kier molecular flexibility index (Phi) is 5.97. The van der Waals surface area contributed by atoms with Crippen LogP contribution in [0, 0.1) is 11.7 Å². The van der Waals surface area contributed by atoms with Crippen LogP contribution in [0.15, 0.2) is 54.6 Å². The average molecular weight is 397 g/mol. The minimum Gasteiger partial charge on any atom is -0.394 e. The Hall–Kier alpha value is -2.24. The van der Waals surface area contributed by atoms with E-state index >= 15 is 0 Å². The van der Waals surface area contributed by atoms with E-state index in [4.69, 9.17) is 0 Å². The highest BCUT2D eigenvalue weighted by molar-refractivity contribution is 5.83. The first kappa shape index (κ1) is 20.0. The maximum atomic E-state index is 14.2. The van der Waals surface area contributed by atoms with Crippen molar-refractivity contribution in [1.29, 1.82) is 0 Å². The smallest absolute Gasteiger partial charge is 0.226 e. The second-order valence-electron chi connectivity index (χ2n) is 8.19. The van der Waals surface area contributed by atoms with Crippen molar-refractivity contribution in [2.24, 2.45) is 5.92 Å². The highest BCUT2D eigenvalue weighted by Crippen LogP contribution is 2.44. The SMILES string of the molecule is CCN(Cc1ccccc1F)C[C@H]1[C@@H](c2ccccc2)[C@@H](CO)N1C(=O)C1CC1. The first-order valence-corrected chi connectivity index (χ1v) is 10.6. The number of hydrogen-bond donors (Lipinski definition) is 1. The van der Waals surface area contributed by atoms with Crippen LogP contribution >= 0.6 is 0 Å². The number of nitrogens with zero attached hydrogens (tertiary/aromatic N) is 2. The van der Waals surface area contributed by atoms with Gasteiger partial charge in [0.15, 0.2) is 0 Å². The van der Waals surface area contributed by atoms with E-state index in [0.29, 0.717) is 18.7 Å². The van der Waals surface area contributed by atoms with Crippen molar-refractivity contribution in [3.63, 3.8) is 0 Å². The molecule has 1 aliphatic carbocycles. The minimum absolute atomic E-state index is 0.00521. The van der Waals surface area contributed by atoms with Gasteiger partial charge in [-0.15, -0.1) is 0 Å². The summed E-state index contributed by atoms with van der Waals surface area (Å²) in [5, 5.41) is 10.1. The first-order valence-electron chi connectivity index (χ1n) is 10.6. The van der Waals surface area contributed by atoms with Crippen molar-refractivity contribution in [2.75, 3.05) is 19.7 Å². The molecule has 4 nitrogen and oxygen atoms in total. The molecule has 3 atom stereocenters. The van der Waals surface area contributed by atoms with Gasteiger partial charge in [0, 0.05) is 30.5 Å². The van der Waals surface area contributed by atoms with Gasteiger partial charge < -0.3 is 10.0 Å². The van der Waals surface area contributed by atoms with Crippen LogP contribution in [0.3, 0.4) is 0 Å². The molecule has 1 aliphatic heterocycles. The van der Waals surface area contributed by atoms with Crippen molar-refractivity contribution < 1.29 is 14.3 Å². The molecule has 5 heteroatoms. The second-order valence-corrected chi connectivity index (χ2v) is 8.19. The number of hydrogen-bond acceptors (Lipinski definition) is 3. The lowest BCUT2D eigenvalue weighted by Crippen LogP contribution is -2.68. The third-order valence-corrected chi connectivity index (χ3v) is 6.34. The Morgan fingerprint density at radius 3 is 2.41 bits per heavy atom. The molecular formula is C24H29FN2O2. The summed E-state index contributed by atoms with van der Waals surface area (Å²) < 4.78 is 14.2. The summed E-state index contributed by atoms with van der Waals surface area (Å²) in [7, 11) is 0. The minimum atomic E-state index is -0.196. The van der Waals surface area contributed by atoms with Crippen LogP contribution in [0.1, 0.15) is 36.8 Å². The van der Waals surface area contributed by atoms with Gasteiger partial charge in [0.2, 0.25) is 5.91 Å². The van der Waals surface area contributed by atoms with Gasteiger partial charge in [-0.05, 0) is 31.0 Å². The molecule has 0 radical (unpaired) electrons. The molecule has 1 amide bonds. The van der Waals surface area contributed by atoms with Crippen LogP contribution < -0.4 is 0 Å². The average Bonchev–Trinajstić information content (AvgIpc) is 3.57. The quantitative estimate of drug-likeness (QED) is 0.744. The van der Waals surface area contributed by atoms with Crippen LogP contribution in [0.4, 0.5) is 4.39 Å². The van der Waals surface area contributed by atoms with E-state index in [-0.39, 0.29) is 42.3 Å². The number of likely N-dealkylation sites (N-methyl/N-ethyl adjacent to an activating group) is 1. The monoisotopic (exact) mass is 396 g/mol. The van der Waals surface area contributed by atoms with Crippen molar-refractivity contribution in [1.82, 2.24) is 9.80 Å². The summed E-state index contributed by atoms with van der Waals surface area (Å²) in [6.07, 6.45) is 1.89. The second kappa shape index (κ2) is 8.64. The zero-order valence-corrected chi connectivity index (χ0v) is 16.9. The molecule has 1 saturated heterocycles. The largest absolute Gasteiger partial charge is 0.394 e. The van der Waals surface area contributed by atoms with Crippen molar-refractivity contribution in [2.45, 2.75) is 44.3 Å². The zero-order chi connectivity index (χ0) is 20.4. The van der Waals surface area contributed by atoms with Gasteiger partial charge in [-0.25, -0.2) is 4.39 Å². The Bertz CT molecular complexity index is 840. The molecule has 1 saturated carbocycles. The van der Waals surface area contributed by atoms with E-state index in [2.05, 4.69) is 24.0 Å². The predicted molar refractivity (Wildman–Crippen MR) is 111 cm³/mol. The summed E-state index contributed by atoms with van der Waals surface area (Å²) in [6, 6.07) is 16.8. The number of aliphatic hydroxyl groups excluding tert-OH is 1. The molecule has 154 valence electrons. The molecule has 2 aliphatic rings. The third kappa shape index (κ3) is 4.07. The Labute approximate surface area is 171 Å². The van der Waals surface area contributed by atoms with Gasteiger partial charge in [-0.3, -0.25) is 9.69 Å². The number of rotatable bonds is 8. The van der Waals surface area contributed by atoms with Gasteiger partial charge in [0.25, 0.3) is 0 Å². The molecular weight excluding hydrogens is 367 g/mol. The highest BCUT2D eigenvalue weighted by Gasteiger charge is 2.53. The lowest BCUT2D eigenvalue weighted by Gasteiger charge is -2.56. The normalized spacial score (nSPS) is 23.9. The molecule has 4 rings (SSSR count). The maximum absolute atomic E-state index is 14.2. The molecule has 2 aromatic carbocycles. The van der Waals surface area contributed by atoms with E-state index in [1.165, 1.54) is 6.07 Å². The fraction of sp³-hybridized carbons (Fsp3) is 0.458. The van der Waals surface area contributed by atoms with E-state index < -0.39 is 0 Å². The van der Waals surface area contributed by atoms with Gasteiger partial charge in [0.1, 0.15) is 5.82 Å². The van der Waals surface area contributed by atoms with E-state index in [9.17, 15) is 14.3 Å². The molecule has 0 bridgehead atoms. The van der Waals surface area contributed by atoms with Crippen LogP contribution in [0.2, 0.25) is 0 Å². The number of halogens is 1. The van der Waals surface area contributed by atoms with Gasteiger partial charge >= 0.3 is 0 Å². The molecule has 0 spiro atoms. The molecule has 2 fully saturated rings. The molecule has 0 aromatic heterocycles. The summed E-state index contributed by atoms with van der Waals surface area (Å²) in [4.78, 5) is 17.1. The molecule has 1 N–H and O–H groups in total. The first-order chi connectivity index (χ1) is 14.1. The fourth-order valence-corrected chi connectivity index (χ4v) is 4.58. The Balaban J connectivity index is 1.57. The number of carbonyl (C=O) groups excluding carboxylic acids is 1. The van der Waals surface area contributed by atoms with Crippen molar-refractivity contribution in [3.05, 3.63) is 71.5 Å². The molecule has 2 aromatic rings. The number of carbonyl (C=O) groups is 1. The lowest BCUT2D eigenvalue weighted by molar-refractivity contribution is -0.153. The fourth-order valence-electron chi connectivity index (χ4n) is 4.58.